The number of para-hydroxylation sites is 2. The second-order valence-corrected chi connectivity index (χ2v) is 4.93. The van der Waals surface area contributed by atoms with Crippen molar-refractivity contribution in [2.75, 3.05) is 5.32 Å². The fraction of sp³-hybridized carbons (Fsp3) is 0.429. The molecule has 1 heterocycles. The molecule has 1 aromatic carbocycles. The lowest BCUT2D eigenvalue weighted by Gasteiger charge is -2.15. The van der Waals surface area contributed by atoms with Gasteiger partial charge in [0.15, 0.2) is 0 Å². The van der Waals surface area contributed by atoms with Gasteiger partial charge in [0.05, 0.1) is 17.1 Å². The third-order valence-corrected chi connectivity index (χ3v) is 3.23. The van der Waals surface area contributed by atoms with E-state index in [1.54, 1.807) is 0 Å². The Balaban J connectivity index is 2.32. The summed E-state index contributed by atoms with van der Waals surface area (Å²) >= 11 is 0. The summed E-state index contributed by atoms with van der Waals surface area (Å²) in [5, 5.41) is 2.82. The molecule has 2 rings (SSSR count). The van der Waals surface area contributed by atoms with Gasteiger partial charge in [0.25, 0.3) is 0 Å². The first-order valence-corrected chi connectivity index (χ1v) is 6.56. The number of anilines is 1. The fourth-order valence-corrected chi connectivity index (χ4v) is 1.99. The average Bonchev–Trinajstić information content (AvgIpc) is 2.74. The van der Waals surface area contributed by atoms with Crippen LogP contribution in [-0.2, 0) is 11.3 Å². The maximum Gasteiger partial charge on any atom is 0.243 e. The third kappa shape index (κ3) is 2.61. The molecule has 0 spiro atoms. The monoisotopic (exact) mass is 260 g/mol. The number of hydrogen-bond donors (Lipinski definition) is 2. The number of imidazole rings is 1. The Labute approximate surface area is 112 Å². The van der Waals surface area contributed by atoms with E-state index in [0.717, 1.165) is 17.6 Å². The number of benzene rings is 1. The molecule has 1 atom stereocenters. The van der Waals surface area contributed by atoms with Crippen molar-refractivity contribution >= 4 is 22.9 Å². The van der Waals surface area contributed by atoms with Gasteiger partial charge in [-0.25, -0.2) is 4.98 Å². The molecule has 0 saturated carbocycles. The summed E-state index contributed by atoms with van der Waals surface area (Å²) in [6, 6.07) is 7.29. The highest BCUT2D eigenvalue weighted by molar-refractivity contribution is 5.95. The normalized spacial score (nSPS) is 12.9. The van der Waals surface area contributed by atoms with Crippen LogP contribution in [0.25, 0.3) is 11.0 Å². The Hall–Kier alpha value is -1.88. The molecule has 0 unspecified atom stereocenters. The summed E-state index contributed by atoms with van der Waals surface area (Å²) in [4.78, 5) is 16.5. The Bertz CT molecular complexity index is 588. The molecule has 2 aromatic rings. The van der Waals surface area contributed by atoms with E-state index in [9.17, 15) is 4.79 Å². The van der Waals surface area contributed by atoms with Crippen molar-refractivity contribution in [3.05, 3.63) is 24.3 Å². The van der Waals surface area contributed by atoms with Gasteiger partial charge in [0.1, 0.15) is 0 Å². The molecule has 0 radical (unpaired) electrons. The van der Waals surface area contributed by atoms with Gasteiger partial charge in [-0.15, -0.1) is 0 Å². The molecule has 19 heavy (non-hydrogen) atoms. The molecule has 0 saturated heterocycles. The van der Waals surface area contributed by atoms with E-state index < -0.39 is 6.04 Å². The van der Waals surface area contributed by atoms with Gasteiger partial charge in [-0.3, -0.25) is 10.1 Å². The van der Waals surface area contributed by atoms with E-state index in [1.807, 2.05) is 49.6 Å². The van der Waals surface area contributed by atoms with Gasteiger partial charge in [0.2, 0.25) is 11.9 Å². The van der Waals surface area contributed by atoms with Crippen LogP contribution in [0, 0.1) is 5.92 Å². The molecule has 0 aliphatic heterocycles. The van der Waals surface area contributed by atoms with Crippen LogP contribution >= 0.6 is 0 Å². The molecule has 5 heteroatoms. The van der Waals surface area contributed by atoms with Crippen molar-refractivity contribution in [1.29, 1.82) is 0 Å². The minimum absolute atomic E-state index is 0.0967. The van der Waals surface area contributed by atoms with Gasteiger partial charge in [-0.05, 0) is 25.0 Å². The molecule has 0 fully saturated rings. The summed E-state index contributed by atoms with van der Waals surface area (Å²) in [5.74, 6) is 0.462. The highest BCUT2D eigenvalue weighted by atomic mass is 16.2. The summed E-state index contributed by atoms with van der Waals surface area (Å²) in [6.45, 7) is 6.61. The van der Waals surface area contributed by atoms with Crippen molar-refractivity contribution in [3.63, 3.8) is 0 Å². The maximum absolute atomic E-state index is 12.0. The first-order chi connectivity index (χ1) is 9.04. The maximum atomic E-state index is 12.0. The molecule has 102 valence electrons. The van der Waals surface area contributed by atoms with E-state index in [4.69, 9.17) is 5.73 Å². The van der Waals surface area contributed by atoms with E-state index in [0.29, 0.717) is 5.95 Å². The van der Waals surface area contributed by atoms with Gasteiger partial charge < -0.3 is 10.3 Å². The van der Waals surface area contributed by atoms with Crippen molar-refractivity contribution in [2.24, 2.45) is 11.7 Å². The van der Waals surface area contributed by atoms with Crippen molar-refractivity contribution in [2.45, 2.75) is 33.4 Å². The quantitative estimate of drug-likeness (QED) is 0.882. The second kappa shape index (κ2) is 5.40. The number of nitrogens with two attached hydrogens (primary N) is 1. The van der Waals surface area contributed by atoms with E-state index in [2.05, 4.69) is 10.3 Å². The predicted molar refractivity (Wildman–Crippen MR) is 76.9 cm³/mol. The number of carbonyl (C=O) groups excluding carboxylic acids is 1. The Morgan fingerprint density at radius 3 is 2.74 bits per heavy atom. The average molecular weight is 260 g/mol. The molecule has 0 aliphatic rings. The van der Waals surface area contributed by atoms with Crippen LogP contribution in [0.1, 0.15) is 20.8 Å². The number of amides is 1. The molecule has 1 amide bonds. The predicted octanol–water partition coefficient (Wildman–Crippen LogP) is 1.98. The van der Waals surface area contributed by atoms with E-state index in [1.165, 1.54) is 0 Å². The Morgan fingerprint density at radius 2 is 2.11 bits per heavy atom. The van der Waals surface area contributed by atoms with Crippen LogP contribution < -0.4 is 11.1 Å². The summed E-state index contributed by atoms with van der Waals surface area (Å²) in [7, 11) is 0. The molecule has 0 bridgehead atoms. The van der Waals surface area contributed by atoms with Crippen LogP contribution in [0.5, 0.6) is 0 Å². The van der Waals surface area contributed by atoms with Gasteiger partial charge in [0, 0.05) is 6.54 Å². The molecular weight excluding hydrogens is 240 g/mol. The lowest BCUT2D eigenvalue weighted by molar-refractivity contribution is -0.118. The Morgan fingerprint density at radius 1 is 1.42 bits per heavy atom. The third-order valence-electron chi connectivity index (χ3n) is 3.23. The van der Waals surface area contributed by atoms with Crippen molar-refractivity contribution in [1.82, 2.24) is 9.55 Å². The first-order valence-electron chi connectivity index (χ1n) is 6.56. The highest BCUT2D eigenvalue weighted by Gasteiger charge is 2.19. The lowest BCUT2D eigenvalue weighted by atomic mass is 10.1. The van der Waals surface area contributed by atoms with Crippen LogP contribution in [0.2, 0.25) is 0 Å². The van der Waals surface area contributed by atoms with Crippen LogP contribution in [0.15, 0.2) is 24.3 Å². The SMILES string of the molecule is CCn1c(NC(=O)[C@@H](N)C(C)C)nc2ccccc21. The number of aryl methyl sites for hydroxylation is 1. The number of nitrogens with one attached hydrogen (secondary N) is 1. The fourth-order valence-electron chi connectivity index (χ4n) is 1.99. The first kappa shape index (κ1) is 13.5. The Kier molecular flexibility index (Phi) is 3.85. The number of aromatic nitrogens is 2. The topological polar surface area (TPSA) is 72.9 Å². The molecular formula is C14H20N4O. The molecule has 5 nitrogen and oxygen atoms in total. The van der Waals surface area contributed by atoms with Crippen molar-refractivity contribution in [3.8, 4) is 0 Å². The second-order valence-electron chi connectivity index (χ2n) is 4.93. The molecule has 3 N–H and O–H groups in total. The van der Waals surface area contributed by atoms with Crippen LogP contribution in [-0.4, -0.2) is 21.5 Å². The van der Waals surface area contributed by atoms with Crippen molar-refractivity contribution < 1.29 is 4.79 Å². The minimum Gasteiger partial charge on any atom is -0.320 e. The number of rotatable bonds is 4. The van der Waals surface area contributed by atoms with Gasteiger partial charge in [-0.1, -0.05) is 26.0 Å². The van der Waals surface area contributed by atoms with Crippen LogP contribution in [0.4, 0.5) is 5.95 Å². The zero-order valence-corrected chi connectivity index (χ0v) is 11.6. The smallest absolute Gasteiger partial charge is 0.243 e. The summed E-state index contributed by atoms with van der Waals surface area (Å²) in [6.07, 6.45) is 0. The van der Waals surface area contributed by atoms with Crippen LogP contribution in [0.3, 0.4) is 0 Å². The van der Waals surface area contributed by atoms with E-state index in [-0.39, 0.29) is 11.8 Å². The minimum atomic E-state index is -0.523. The zero-order valence-electron chi connectivity index (χ0n) is 11.6. The lowest BCUT2D eigenvalue weighted by Crippen LogP contribution is -2.40. The number of carbonyl (C=O) groups is 1. The largest absolute Gasteiger partial charge is 0.320 e. The zero-order chi connectivity index (χ0) is 14.0. The van der Waals surface area contributed by atoms with E-state index >= 15 is 0 Å². The summed E-state index contributed by atoms with van der Waals surface area (Å²) in [5.41, 5.74) is 7.73. The number of fused-ring (bicyclic) bond motifs is 1. The number of nitrogens with zero attached hydrogens (tertiary/aromatic N) is 2. The highest BCUT2D eigenvalue weighted by Crippen LogP contribution is 2.19. The van der Waals surface area contributed by atoms with Gasteiger partial charge >= 0.3 is 0 Å². The molecule has 1 aromatic heterocycles. The van der Waals surface area contributed by atoms with Gasteiger partial charge in [-0.2, -0.15) is 0 Å². The standard InChI is InChI=1S/C14H20N4O/c1-4-18-11-8-6-5-7-10(11)16-14(18)17-13(19)12(15)9(2)3/h5-9,12H,4,15H2,1-3H3,(H,16,17,19)/t12-/m0/s1. The number of hydrogen-bond acceptors (Lipinski definition) is 3. The summed E-state index contributed by atoms with van der Waals surface area (Å²) < 4.78 is 1.97. The molecule has 0 aliphatic carbocycles.